The van der Waals surface area contributed by atoms with Gasteiger partial charge in [0.15, 0.2) is 17.2 Å². The molecule has 0 saturated heterocycles. The molecule has 0 aliphatic carbocycles. The van der Waals surface area contributed by atoms with Gasteiger partial charge in [-0.25, -0.2) is 0 Å². The fraction of sp³-hybridized carbons (Fsp3) is 0.375. The van der Waals surface area contributed by atoms with E-state index in [0.29, 0.717) is 34.0 Å². The Morgan fingerprint density at radius 2 is 1.73 bits per heavy atom. The molecule has 0 amide bonds. The number of benzene rings is 2. The van der Waals surface area contributed by atoms with Crippen molar-refractivity contribution < 1.29 is 18.9 Å². The first kappa shape index (κ1) is 23.0. The van der Waals surface area contributed by atoms with Crippen LogP contribution in [-0.4, -0.2) is 42.3 Å². The van der Waals surface area contributed by atoms with Crippen LogP contribution < -0.4 is 24.3 Å². The number of aromatic nitrogens is 3. The summed E-state index contributed by atoms with van der Waals surface area (Å²) in [4.78, 5) is 4.71. The van der Waals surface area contributed by atoms with Crippen LogP contribution in [0.15, 0.2) is 41.6 Å². The first-order valence-electron chi connectivity index (χ1n) is 10.9. The Hall–Kier alpha value is -3.20. The number of nitrogens with one attached hydrogen (secondary N) is 1. The summed E-state index contributed by atoms with van der Waals surface area (Å²) in [5.74, 6) is 3.10. The summed E-state index contributed by atoms with van der Waals surface area (Å²) in [5.41, 5.74) is 3.07. The van der Waals surface area contributed by atoms with Gasteiger partial charge in [0.1, 0.15) is 5.75 Å². The fourth-order valence-electron chi connectivity index (χ4n) is 3.62. The zero-order chi connectivity index (χ0) is 23.2. The minimum atomic E-state index is -0.600. The van der Waals surface area contributed by atoms with Crippen molar-refractivity contribution in [2.24, 2.45) is 0 Å². The lowest BCUT2D eigenvalue weighted by molar-refractivity contribution is 0.218. The predicted molar refractivity (Wildman–Crippen MR) is 129 cm³/mol. The van der Waals surface area contributed by atoms with Crippen molar-refractivity contribution in [1.82, 2.24) is 15.2 Å². The third-order valence-corrected chi connectivity index (χ3v) is 6.25. The Morgan fingerprint density at radius 3 is 2.48 bits per heavy atom. The van der Waals surface area contributed by atoms with Crippen molar-refractivity contribution in [1.29, 1.82) is 0 Å². The molecule has 3 aromatic rings. The van der Waals surface area contributed by atoms with E-state index in [9.17, 15) is 0 Å². The molecule has 8 nitrogen and oxygen atoms in total. The summed E-state index contributed by atoms with van der Waals surface area (Å²) in [5, 5.41) is 12.9. The Morgan fingerprint density at radius 1 is 0.970 bits per heavy atom. The van der Waals surface area contributed by atoms with Crippen LogP contribution in [0.3, 0.4) is 0 Å². The summed E-state index contributed by atoms with van der Waals surface area (Å²) in [7, 11) is 4.80. The molecule has 0 bridgehead atoms. The number of ether oxygens (including phenoxy) is 4. The highest BCUT2D eigenvalue weighted by molar-refractivity contribution is 7.99. The Kier molecular flexibility index (Phi) is 7.39. The topological polar surface area (TPSA) is 87.6 Å². The number of nitrogens with zero attached hydrogens (tertiary/aromatic N) is 3. The molecular formula is C24H28N4O4S. The molecule has 9 heteroatoms. The van der Waals surface area contributed by atoms with Gasteiger partial charge in [0.2, 0.25) is 17.3 Å². The van der Waals surface area contributed by atoms with Crippen LogP contribution in [-0.2, 0) is 0 Å². The van der Waals surface area contributed by atoms with Gasteiger partial charge >= 0.3 is 0 Å². The Labute approximate surface area is 198 Å². The molecule has 0 radical (unpaired) electrons. The molecule has 0 fully saturated rings. The van der Waals surface area contributed by atoms with Gasteiger partial charge in [-0.2, -0.15) is 4.98 Å². The average Bonchev–Trinajstić information content (AvgIpc) is 3.02. The lowest BCUT2D eigenvalue weighted by Gasteiger charge is -2.22. The molecule has 0 unspecified atom stereocenters. The van der Waals surface area contributed by atoms with Gasteiger partial charge in [-0.3, -0.25) is 0 Å². The van der Waals surface area contributed by atoms with E-state index in [-0.39, 0.29) is 0 Å². The van der Waals surface area contributed by atoms with Crippen molar-refractivity contribution >= 4 is 17.4 Å². The van der Waals surface area contributed by atoms with Crippen LogP contribution in [0.4, 0.5) is 5.69 Å². The van der Waals surface area contributed by atoms with E-state index in [1.165, 1.54) is 12.8 Å². The van der Waals surface area contributed by atoms with E-state index in [1.54, 1.807) is 39.2 Å². The molecule has 0 spiro atoms. The highest BCUT2D eigenvalue weighted by Gasteiger charge is 2.29. The van der Waals surface area contributed by atoms with Gasteiger partial charge in [0.25, 0.3) is 0 Å². The number of rotatable bonds is 9. The van der Waals surface area contributed by atoms with Gasteiger partial charge in [0.05, 0.1) is 26.9 Å². The third kappa shape index (κ3) is 4.93. The van der Waals surface area contributed by atoms with Crippen LogP contribution in [0.25, 0.3) is 11.3 Å². The molecule has 4 rings (SSSR count). The zero-order valence-electron chi connectivity index (χ0n) is 19.3. The quantitative estimate of drug-likeness (QED) is 0.330. The molecule has 2 aromatic carbocycles. The summed E-state index contributed by atoms with van der Waals surface area (Å²) in [6.07, 6.45) is 2.86. The molecule has 33 heavy (non-hydrogen) atoms. The first-order chi connectivity index (χ1) is 16.2. The molecule has 1 aliphatic heterocycles. The lowest BCUT2D eigenvalue weighted by Crippen LogP contribution is -2.18. The van der Waals surface area contributed by atoms with Crippen LogP contribution in [0, 0.1) is 0 Å². The number of para-hydroxylation sites is 1. The standard InChI is InChI=1S/C24H28N4O4S/c1-5-6-9-12-33-24-26-23-21(27-28-24)15-10-7-8-11-17(15)25-22(32-23)16-13-19(30-3)20(31-4)14-18(16)29-2/h7-8,10-11,13-14,22,25H,5-6,9,12H2,1-4H3/t22-/m0/s1. The predicted octanol–water partition coefficient (Wildman–Crippen LogP) is 5.35. The molecular weight excluding hydrogens is 440 g/mol. The SMILES string of the molecule is CCCCCSc1nnc2c(n1)O[C@@H](c1cc(OC)c(OC)cc1OC)Nc1ccccc1-2. The number of fused-ring (bicyclic) bond motifs is 3. The summed E-state index contributed by atoms with van der Waals surface area (Å²) in [6.45, 7) is 2.19. The van der Waals surface area contributed by atoms with E-state index in [2.05, 4.69) is 22.4 Å². The van der Waals surface area contributed by atoms with Crippen molar-refractivity contribution in [2.45, 2.75) is 37.6 Å². The van der Waals surface area contributed by atoms with E-state index in [4.69, 9.17) is 23.9 Å². The van der Waals surface area contributed by atoms with E-state index >= 15 is 0 Å². The van der Waals surface area contributed by atoms with Crippen LogP contribution in [0.2, 0.25) is 0 Å². The summed E-state index contributed by atoms with van der Waals surface area (Å²) in [6, 6.07) is 11.5. The lowest BCUT2D eigenvalue weighted by atomic mass is 10.1. The molecule has 174 valence electrons. The monoisotopic (exact) mass is 468 g/mol. The fourth-order valence-corrected chi connectivity index (χ4v) is 4.40. The highest BCUT2D eigenvalue weighted by atomic mass is 32.2. The van der Waals surface area contributed by atoms with Crippen molar-refractivity contribution in [3.8, 4) is 34.4 Å². The second kappa shape index (κ2) is 10.6. The maximum absolute atomic E-state index is 6.39. The minimum absolute atomic E-state index is 0.419. The van der Waals surface area contributed by atoms with E-state index < -0.39 is 6.23 Å². The van der Waals surface area contributed by atoms with Gasteiger partial charge < -0.3 is 24.3 Å². The van der Waals surface area contributed by atoms with E-state index in [0.717, 1.165) is 29.0 Å². The minimum Gasteiger partial charge on any atom is -0.496 e. The van der Waals surface area contributed by atoms with Gasteiger partial charge in [-0.15, -0.1) is 10.2 Å². The molecule has 1 N–H and O–H groups in total. The zero-order valence-corrected chi connectivity index (χ0v) is 20.1. The average molecular weight is 469 g/mol. The van der Waals surface area contributed by atoms with E-state index in [1.807, 2.05) is 30.3 Å². The number of methoxy groups -OCH3 is 3. The number of unbranched alkanes of at least 4 members (excludes halogenated alkanes) is 2. The number of anilines is 1. The molecule has 0 saturated carbocycles. The van der Waals surface area contributed by atoms with Gasteiger partial charge in [-0.1, -0.05) is 49.7 Å². The summed E-state index contributed by atoms with van der Waals surface area (Å²) >= 11 is 1.59. The maximum atomic E-state index is 6.39. The second-order valence-corrected chi connectivity index (χ2v) is 8.50. The number of thioether (sulfide) groups is 1. The van der Waals surface area contributed by atoms with Crippen LogP contribution >= 0.6 is 11.8 Å². The van der Waals surface area contributed by atoms with Crippen molar-refractivity contribution in [3.63, 3.8) is 0 Å². The Balaban J connectivity index is 1.75. The highest BCUT2D eigenvalue weighted by Crippen LogP contribution is 2.43. The van der Waals surface area contributed by atoms with Crippen LogP contribution in [0.5, 0.6) is 23.1 Å². The second-order valence-electron chi connectivity index (χ2n) is 7.44. The first-order valence-corrected chi connectivity index (χ1v) is 11.9. The molecule has 1 aromatic heterocycles. The van der Waals surface area contributed by atoms with Gasteiger partial charge in [-0.05, 0) is 18.6 Å². The van der Waals surface area contributed by atoms with Crippen molar-refractivity contribution in [2.75, 3.05) is 32.4 Å². The maximum Gasteiger partial charge on any atom is 0.247 e. The third-order valence-electron chi connectivity index (χ3n) is 5.33. The van der Waals surface area contributed by atoms with Crippen LogP contribution in [0.1, 0.15) is 38.0 Å². The Bertz CT molecular complexity index is 1110. The number of hydrogen-bond donors (Lipinski definition) is 1. The molecule has 1 aliphatic rings. The summed E-state index contributed by atoms with van der Waals surface area (Å²) < 4.78 is 23.0. The van der Waals surface area contributed by atoms with Gasteiger partial charge in [0, 0.05) is 23.1 Å². The number of hydrogen-bond acceptors (Lipinski definition) is 9. The smallest absolute Gasteiger partial charge is 0.247 e. The largest absolute Gasteiger partial charge is 0.496 e. The van der Waals surface area contributed by atoms with Crippen molar-refractivity contribution in [3.05, 3.63) is 42.0 Å². The molecule has 1 atom stereocenters. The molecule has 2 heterocycles. The normalized spacial score (nSPS) is 14.2.